The number of halogens is 1. The molecule has 0 spiro atoms. The first kappa shape index (κ1) is 19.7. The Hall–Kier alpha value is -2.62. The standard InChI is InChI=1S/C19H14IN3O2S/c1-24-17-8-12(6-15(10-22)19(23)26)7-16(20)18(17)25-11-14-5-3-2-4-13(14)9-21/h2-8H,11H2,1H3,(H2,23,26)/b15-6+. The van der Waals surface area contributed by atoms with Crippen LogP contribution in [0.2, 0.25) is 0 Å². The lowest BCUT2D eigenvalue weighted by Crippen LogP contribution is -2.09. The molecule has 0 saturated carbocycles. The van der Waals surface area contributed by atoms with E-state index in [1.54, 1.807) is 18.2 Å². The second kappa shape index (κ2) is 9.18. The predicted octanol–water partition coefficient (Wildman–Crippen LogP) is 3.94. The van der Waals surface area contributed by atoms with E-state index in [9.17, 15) is 5.26 Å². The number of ether oxygens (including phenoxy) is 2. The molecular weight excluding hydrogens is 461 g/mol. The van der Waals surface area contributed by atoms with Crippen LogP contribution in [0.25, 0.3) is 6.08 Å². The van der Waals surface area contributed by atoms with Gasteiger partial charge in [-0.15, -0.1) is 0 Å². The number of rotatable bonds is 6. The van der Waals surface area contributed by atoms with E-state index in [4.69, 9.17) is 32.7 Å². The first-order valence-corrected chi connectivity index (χ1v) is 8.88. The van der Waals surface area contributed by atoms with Crippen LogP contribution in [-0.2, 0) is 6.61 Å². The Morgan fingerprint density at radius 2 is 2.04 bits per heavy atom. The van der Waals surface area contributed by atoms with Crippen molar-refractivity contribution in [2.45, 2.75) is 6.61 Å². The van der Waals surface area contributed by atoms with E-state index < -0.39 is 0 Å². The zero-order chi connectivity index (χ0) is 19.1. The van der Waals surface area contributed by atoms with Gasteiger partial charge >= 0.3 is 0 Å². The number of hydrogen-bond donors (Lipinski definition) is 1. The van der Waals surface area contributed by atoms with Crippen LogP contribution >= 0.6 is 34.8 Å². The molecule has 0 saturated heterocycles. The molecule has 5 nitrogen and oxygen atoms in total. The van der Waals surface area contributed by atoms with Crippen LogP contribution in [0.15, 0.2) is 42.0 Å². The fourth-order valence-electron chi connectivity index (χ4n) is 2.19. The average Bonchev–Trinajstić information content (AvgIpc) is 2.64. The number of methoxy groups -OCH3 is 1. The molecule has 0 heterocycles. The fourth-order valence-corrected chi connectivity index (χ4v) is 3.08. The number of nitrogens with zero attached hydrogens (tertiary/aromatic N) is 2. The van der Waals surface area contributed by atoms with Gasteiger partial charge in [-0.05, 0) is 52.4 Å². The summed E-state index contributed by atoms with van der Waals surface area (Å²) in [5, 5.41) is 18.3. The number of hydrogen-bond acceptors (Lipinski definition) is 5. The van der Waals surface area contributed by atoms with Crippen LogP contribution < -0.4 is 15.2 Å². The van der Waals surface area contributed by atoms with Crippen LogP contribution in [0.3, 0.4) is 0 Å². The maximum Gasteiger partial charge on any atom is 0.174 e. The summed E-state index contributed by atoms with van der Waals surface area (Å²) in [4.78, 5) is 0.0370. The SMILES string of the molecule is COc1cc(/C=C(\C#N)C(N)=S)cc(I)c1OCc1ccccc1C#N. The van der Waals surface area contributed by atoms with Crippen LogP contribution in [-0.4, -0.2) is 12.1 Å². The summed E-state index contributed by atoms with van der Waals surface area (Å²) in [6.45, 7) is 0.238. The number of nitrogens with two attached hydrogens (primary N) is 1. The van der Waals surface area contributed by atoms with Gasteiger partial charge in [-0.3, -0.25) is 0 Å². The lowest BCUT2D eigenvalue weighted by Gasteiger charge is -2.14. The Morgan fingerprint density at radius 1 is 1.31 bits per heavy atom. The Bertz CT molecular complexity index is 958. The van der Waals surface area contributed by atoms with Crippen molar-refractivity contribution < 1.29 is 9.47 Å². The molecule has 0 bridgehead atoms. The summed E-state index contributed by atoms with van der Waals surface area (Å²) in [5.41, 5.74) is 7.82. The Labute approximate surface area is 170 Å². The molecule has 2 aromatic carbocycles. The summed E-state index contributed by atoms with van der Waals surface area (Å²) < 4.78 is 12.1. The lowest BCUT2D eigenvalue weighted by atomic mass is 10.1. The molecule has 26 heavy (non-hydrogen) atoms. The molecule has 0 aliphatic carbocycles. The second-order valence-corrected chi connectivity index (χ2v) is 6.73. The van der Waals surface area contributed by atoms with Gasteiger partial charge in [0.25, 0.3) is 0 Å². The minimum Gasteiger partial charge on any atom is -0.493 e. The van der Waals surface area contributed by atoms with Crippen LogP contribution in [0.4, 0.5) is 0 Å². The highest BCUT2D eigenvalue weighted by Gasteiger charge is 2.13. The highest BCUT2D eigenvalue weighted by Crippen LogP contribution is 2.35. The molecular formula is C19H14IN3O2S. The van der Waals surface area contributed by atoms with Gasteiger partial charge in [0.05, 0.1) is 27.9 Å². The third kappa shape index (κ3) is 4.72. The van der Waals surface area contributed by atoms with Crippen molar-refractivity contribution in [1.82, 2.24) is 0 Å². The van der Waals surface area contributed by atoms with Gasteiger partial charge < -0.3 is 15.2 Å². The van der Waals surface area contributed by atoms with Gasteiger partial charge in [0.2, 0.25) is 0 Å². The highest BCUT2D eigenvalue weighted by atomic mass is 127. The molecule has 2 rings (SSSR count). The highest BCUT2D eigenvalue weighted by molar-refractivity contribution is 14.1. The van der Waals surface area contributed by atoms with Crippen molar-refractivity contribution in [1.29, 1.82) is 10.5 Å². The van der Waals surface area contributed by atoms with Crippen molar-refractivity contribution in [2.24, 2.45) is 5.73 Å². The second-order valence-electron chi connectivity index (χ2n) is 5.13. The maximum atomic E-state index is 9.17. The van der Waals surface area contributed by atoms with Gasteiger partial charge in [-0.1, -0.05) is 30.4 Å². The zero-order valence-corrected chi connectivity index (χ0v) is 16.8. The molecule has 0 unspecified atom stereocenters. The summed E-state index contributed by atoms with van der Waals surface area (Å²) in [7, 11) is 1.54. The molecule has 2 aromatic rings. The Morgan fingerprint density at radius 3 is 2.65 bits per heavy atom. The molecule has 0 atom stereocenters. The van der Waals surface area contributed by atoms with Crippen molar-refractivity contribution in [3.8, 4) is 23.6 Å². The molecule has 0 aromatic heterocycles. The van der Waals surface area contributed by atoms with E-state index in [0.717, 1.165) is 14.7 Å². The largest absolute Gasteiger partial charge is 0.493 e. The average molecular weight is 475 g/mol. The smallest absolute Gasteiger partial charge is 0.174 e. The normalized spacial score (nSPS) is 10.5. The predicted molar refractivity (Wildman–Crippen MR) is 112 cm³/mol. The molecule has 7 heteroatoms. The third-order valence-corrected chi connectivity index (χ3v) is 4.48. The topological polar surface area (TPSA) is 92.1 Å². The molecule has 0 fully saturated rings. The van der Waals surface area contributed by atoms with E-state index in [1.165, 1.54) is 7.11 Å². The van der Waals surface area contributed by atoms with E-state index in [0.29, 0.717) is 17.1 Å². The minimum absolute atomic E-state index is 0.0370. The van der Waals surface area contributed by atoms with Gasteiger partial charge in [-0.25, -0.2) is 0 Å². The van der Waals surface area contributed by atoms with E-state index in [2.05, 4.69) is 28.7 Å². The van der Waals surface area contributed by atoms with Crippen LogP contribution in [0.5, 0.6) is 11.5 Å². The van der Waals surface area contributed by atoms with Crippen molar-refractivity contribution >= 4 is 45.9 Å². The number of thiocarbonyl (C=S) groups is 1. The minimum atomic E-state index is 0.0370. The van der Waals surface area contributed by atoms with Crippen molar-refractivity contribution in [2.75, 3.05) is 7.11 Å². The van der Waals surface area contributed by atoms with Crippen LogP contribution in [0, 0.1) is 26.2 Å². The zero-order valence-electron chi connectivity index (χ0n) is 13.8. The molecule has 0 aliphatic rings. The summed E-state index contributed by atoms with van der Waals surface area (Å²) >= 11 is 6.98. The van der Waals surface area contributed by atoms with E-state index >= 15 is 0 Å². The lowest BCUT2D eigenvalue weighted by molar-refractivity contribution is 0.282. The number of nitriles is 2. The van der Waals surface area contributed by atoms with Gasteiger partial charge in [0.15, 0.2) is 11.5 Å². The van der Waals surface area contributed by atoms with Crippen LogP contribution in [0.1, 0.15) is 16.7 Å². The maximum absolute atomic E-state index is 9.17. The fraction of sp³-hybridized carbons (Fsp3) is 0.105. The molecule has 2 N–H and O–H groups in total. The van der Waals surface area contributed by atoms with E-state index in [1.807, 2.05) is 30.3 Å². The van der Waals surface area contributed by atoms with Gasteiger partial charge in [0, 0.05) is 5.56 Å². The molecule has 0 aliphatic heterocycles. The Balaban J connectivity index is 2.34. The Kier molecular flexibility index (Phi) is 6.96. The molecule has 0 amide bonds. The summed E-state index contributed by atoms with van der Waals surface area (Å²) in [5.74, 6) is 1.07. The van der Waals surface area contributed by atoms with Crippen molar-refractivity contribution in [3.63, 3.8) is 0 Å². The summed E-state index contributed by atoms with van der Waals surface area (Å²) in [6, 6.07) is 14.9. The monoisotopic (exact) mass is 475 g/mol. The number of benzene rings is 2. The third-order valence-electron chi connectivity index (χ3n) is 3.46. The molecule has 130 valence electrons. The van der Waals surface area contributed by atoms with Crippen molar-refractivity contribution in [3.05, 3.63) is 62.2 Å². The summed E-state index contributed by atoms with van der Waals surface area (Å²) in [6.07, 6.45) is 1.60. The first-order chi connectivity index (χ1) is 12.5. The quantitative estimate of drug-likeness (QED) is 0.295. The van der Waals surface area contributed by atoms with E-state index in [-0.39, 0.29) is 17.2 Å². The molecule has 0 radical (unpaired) electrons. The van der Waals surface area contributed by atoms with Gasteiger partial charge in [0.1, 0.15) is 17.7 Å². The first-order valence-electron chi connectivity index (χ1n) is 7.40. The van der Waals surface area contributed by atoms with Gasteiger partial charge in [-0.2, -0.15) is 10.5 Å².